The first-order valence-corrected chi connectivity index (χ1v) is 9.51. The van der Waals surface area contributed by atoms with Crippen LogP contribution < -0.4 is 5.32 Å². The molecule has 0 spiro atoms. The molecule has 0 bridgehead atoms. The zero-order valence-electron chi connectivity index (χ0n) is 16.8. The second kappa shape index (κ2) is 11.0. The summed E-state index contributed by atoms with van der Waals surface area (Å²) in [5.74, 6) is 1.92. The Hall–Kier alpha value is -2.16. The van der Waals surface area contributed by atoms with Crippen LogP contribution in [0.5, 0.6) is 0 Å². The third-order valence-corrected chi connectivity index (χ3v) is 4.57. The molecule has 0 amide bonds. The Labute approximate surface area is 184 Å². The second-order valence-corrected chi connectivity index (χ2v) is 6.67. The average molecular weight is 492 g/mol. The average Bonchev–Trinajstić information content (AvgIpc) is 3.09. The molecule has 0 saturated heterocycles. The van der Waals surface area contributed by atoms with Gasteiger partial charge in [-0.1, -0.05) is 30.3 Å². The summed E-state index contributed by atoms with van der Waals surface area (Å²) < 4.78 is 2.04. The van der Waals surface area contributed by atoms with Crippen molar-refractivity contribution >= 4 is 35.6 Å². The summed E-state index contributed by atoms with van der Waals surface area (Å²) in [6.07, 6.45) is 3.80. The van der Waals surface area contributed by atoms with Gasteiger partial charge in [0.25, 0.3) is 0 Å². The van der Waals surface area contributed by atoms with Crippen molar-refractivity contribution in [3.8, 4) is 0 Å². The van der Waals surface area contributed by atoms with E-state index < -0.39 is 0 Å². The number of hydrogen-bond acceptors (Lipinski definition) is 3. The van der Waals surface area contributed by atoms with E-state index in [1.165, 1.54) is 11.1 Å². The summed E-state index contributed by atoms with van der Waals surface area (Å²) >= 11 is 0. The van der Waals surface area contributed by atoms with E-state index in [9.17, 15) is 0 Å². The highest BCUT2D eigenvalue weighted by molar-refractivity contribution is 14.0. The summed E-state index contributed by atoms with van der Waals surface area (Å²) in [5.41, 5.74) is 3.52. The number of hydrogen-bond donors (Lipinski definition) is 1. The van der Waals surface area contributed by atoms with Crippen LogP contribution in [0.3, 0.4) is 0 Å². The van der Waals surface area contributed by atoms with Crippen molar-refractivity contribution in [3.63, 3.8) is 0 Å². The maximum atomic E-state index is 4.79. The Morgan fingerprint density at radius 2 is 1.93 bits per heavy atom. The summed E-state index contributed by atoms with van der Waals surface area (Å²) in [5, 5.41) is 11.9. The van der Waals surface area contributed by atoms with Crippen molar-refractivity contribution in [2.45, 2.75) is 33.2 Å². The number of nitrogens with zero attached hydrogens (tertiary/aromatic N) is 5. The Kier molecular flexibility index (Phi) is 8.69. The molecule has 3 rings (SSSR count). The molecule has 2 heterocycles. The minimum atomic E-state index is 0. The van der Waals surface area contributed by atoms with Crippen LogP contribution in [0.25, 0.3) is 5.65 Å². The first-order chi connectivity index (χ1) is 13.2. The maximum absolute atomic E-state index is 4.79. The SMILES string of the molecule is CCNC(=NCCCc1nnc2ccccn12)N(C)Cc1ccccc1C.I. The van der Waals surface area contributed by atoms with Crippen LogP contribution in [-0.4, -0.2) is 45.6 Å². The van der Waals surface area contributed by atoms with E-state index in [-0.39, 0.29) is 24.0 Å². The number of guanidine groups is 1. The van der Waals surface area contributed by atoms with Gasteiger partial charge in [0.1, 0.15) is 5.82 Å². The fourth-order valence-electron chi connectivity index (χ4n) is 3.07. The van der Waals surface area contributed by atoms with Crippen LogP contribution in [-0.2, 0) is 13.0 Å². The molecular formula is C21H29IN6. The number of halogens is 1. The molecule has 0 aliphatic rings. The van der Waals surface area contributed by atoms with E-state index in [1.54, 1.807) is 0 Å². The molecule has 7 heteroatoms. The van der Waals surface area contributed by atoms with Crippen LogP contribution in [0.4, 0.5) is 0 Å². The second-order valence-electron chi connectivity index (χ2n) is 6.67. The molecule has 0 aliphatic heterocycles. The van der Waals surface area contributed by atoms with Gasteiger partial charge in [0.05, 0.1) is 0 Å². The molecule has 3 aromatic rings. The number of aliphatic imine (C=N–C) groups is 1. The van der Waals surface area contributed by atoms with E-state index in [1.807, 2.05) is 28.8 Å². The quantitative estimate of drug-likeness (QED) is 0.237. The third-order valence-electron chi connectivity index (χ3n) is 4.57. The Morgan fingerprint density at radius 3 is 2.71 bits per heavy atom. The zero-order valence-corrected chi connectivity index (χ0v) is 19.1. The molecule has 0 aliphatic carbocycles. The van der Waals surface area contributed by atoms with Gasteiger partial charge in [0.2, 0.25) is 0 Å². The molecule has 0 saturated carbocycles. The predicted molar refractivity (Wildman–Crippen MR) is 125 cm³/mol. The van der Waals surface area contributed by atoms with Crippen molar-refractivity contribution in [3.05, 3.63) is 65.6 Å². The van der Waals surface area contributed by atoms with Crippen molar-refractivity contribution in [2.24, 2.45) is 4.99 Å². The molecule has 2 aromatic heterocycles. The van der Waals surface area contributed by atoms with E-state index in [4.69, 9.17) is 4.99 Å². The van der Waals surface area contributed by atoms with Crippen LogP contribution in [0.2, 0.25) is 0 Å². The number of aryl methyl sites for hydroxylation is 2. The number of rotatable bonds is 7. The van der Waals surface area contributed by atoms with Gasteiger partial charge >= 0.3 is 0 Å². The monoisotopic (exact) mass is 492 g/mol. The van der Waals surface area contributed by atoms with Crippen LogP contribution in [0, 0.1) is 6.92 Å². The maximum Gasteiger partial charge on any atom is 0.193 e. The molecular weight excluding hydrogens is 463 g/mol. The predicted octanol–water partition coefficient (Wildman–Crippen LogP) is 3.69. The number of benzene rings is 1. The van der Waals surface area contributed by atoms with Gasteiger partial charge in [-0.25, -0.2) is 0 Å². The lowest BCUT2D eigenvalue weighted by molar-refractivity contribution is 0.475. The zero-order chi connectivity index (χ0) is 19.1. The van der Waals surface area contributed by atoms with Gasteiger partial charge < -0.3 is 10.2 Å². The first-order valence-electron chi connectivity index (χ1n) is 9.51. The molecule has 0 unspecified atom stereocenters. The van der Waals surface area contributed by atoms with E-state index in [0.717, 1.165) is 49.9 Å². The van der Waals surface area contributed by atoms with Crippen LogP contribution in [0.15, 0.2) is 53.7 Å². The molecule has 1 aromatic carbocycles. The Bertz CT molecular complexity index is 905. The normalized spacial score (nSPS) is 11.3. The molecule has 6 nitrogen and oxygen atoms in total. The standard InChI is InChI=1S/C21H28N6.HI/c1-4-22-21(26(3)16-18-11-6-5-10-17(18)2)23-14-9-13-20-25-24-19-12-7-8-15-27(19)20;/h5-8,10-12,15H,4,9,13-14,16H2,1-3H3,(H,22,23);1H. The van der Waals surface area contributed by atoms with Crippen molar-refractivity contribution in [2.75, 3.05) is 20.1 Å². The summed E-state index contributed by atoms with van der Waals surface area (Å²) in [6, 6.07) is 14.4. The number of pyridine rings is 1. The van der Waals surface area contributed by atoms with E-state index >= 15 is 0 Å². The van der Waals surface area contributed by atoms with Gasteiger partial charge in [0.15, 0.2) is 11.6 Å². The third kappa shape index (κ3) is 5.67. The Balaban J connectivity index is 0.00000280. The molecule has 0 radical (unpaired) electrons. The lowest BCUT2D eigenvalue weighted by Crippen LogP contribution is -2.38. The van der Waals surface area contributed by atoms with Gasteiger partial charge in [-0.15, -0.1) is 34.2 Å². The number of nitrogens with one attached hydrogen (secondary N) is 1. The van der Waals surface area contributed by atoms with Crippen molar-refractivity contribution in [1.82, 2.24) is 24.8 Å². The van der Waals surface area contributed by atoms with Crippen LogP contribution in [0.1, 0.15) is 30.3 Å². The number of aromatic nitrogens is 3. The minimum absolute atomic E-state index is 0. The highest BCUT2D eigenvalue weighted by Crippen LogP contribution is 2.10. The molecule has 0 fully saturated rings. The summed E-state index contributed by atoms with van der Waals surface area (Å²) in [7, 11) is 2.08. The topological polar surface area (TPSA) is 57.8 Å². The highest BCUT2D eigenvalue weighted by atomic mass is 127. The first kappa shape index (κ1) is 22.1. The summed E-state index contributed by atoms with van der Waals surface area (Å²) in [4.78, 5) is 6.97. The van der Waals surface area contributed by atoms with Gasteiger partial charge in [-0.2, -0.15) is 0 Å². The van der Waals surface area contributed by atoms with E-state index in [2.05, 4.69) is 65.6 Å². The lowest BCUT2D eigenvalue weighted by atomic mass is 10.1. The fraction of sp³-hybridized carbons (Fsp3) is 0.381. The molecule has 1 N–H and O–H groups in total. The van der Waals surface area contributed by atoms with Crippen molar-refractivity contribution in [1.29, 1.82) is 0 Å². The number of fused-ring (bicyclic) bond motifs is 1. The smallest absolute Gasteiger partial charge is 0.193 e. The fourth-order valence-corrected chi connectivity index (χ4v) is 3.07. The lowest BCUT2D eigenvalue weighted by Gasteiger charge is -2.23. The van der Waals surface area contributed by atoms with Gasteiger partial charge in [-0.3, -0.25) is 9.39 Å². The molecule has 150 valence electrons. The van der Waals surface area contributed by atoms with Crippen molar-refractivity contribution < 1.29 is 0 Å². The minimum Gasteiger partial charge on any atom is -0.357 e. The van der Waals surface area contributed by atoms with Gasteiger partial charge in [-0.05, 0) is 43.5 Å². The molecule has 28 heavy (non-hydrogen) atoms. The summed E-state index contributed by atoms with van der Waals surface area (Å²) in [6.45, 7) is 6.69. The molecule has 0 atom stereocenters. The highest BCUT2D eigenvalue weighted by Gasteiger charge is 2.08. The van der Waals surface area contributed by atoms with E-state index in [0.29, 0.717) is 0 Å². The largest absolute Gasteiger partial charge is 0.357 e. The van der Waals surface area contributed by atoms with Crippen LogP contribution >= 0.6 is 24.0 Å². The Morgan fingerprint density at radius 1 is 1.14 bits per heavy atom. The van der Waals surface area contributed by atoms with Gasteiger partial charge in [0, 0.05) is 39.3 Å².